The zero-order valence-electron chi connectivity index (χ0n) is 11.4. The molecule has 2 rings (SSSR count). The molecule has 8 heteroatoms. The minimum atomic E-state index is -0.124. The number of rotatable bonds is 5. The summed E-state index contributed by atoms with van der Waals surface area (Å²) in [6.45, 7) is 2.80. The Kier molecular flexibility index (Phi) is 8.80. The summed E-state index contributed by atoms with van der Waals surface area (Å²) in [5.74, 6) is 0.785. The number of halogens is 2. The Bertz CT molecular complexity index is 389. The van der Waals surface area contributed by atoms with E-state index in [0.717, 1.165) is 18.7 Å². The van der Waals surface area contributed by atoms with E-state index in [1.807, 2.05) is 0 Å². The minimum Gasteiger partial charge on any atom is -0.395 e. The van der Waals surface area contributed by atoms with Crippen LogP contribution in [0.1, 0.15) is 25.6 Å². The molecule has 1 fully saturated rings. The van der Waals surface area contributed by atoms with Crippen LogP contribution in [0.3, 0.4) is 0 Å². The molecule has 2 atom stereocenters. The van der Waals surface area contributed by atoms with E-state index >= 15 is 0 Å². The lowest BCUT2D eigenvalue weighted by molar-refractivity contribution is -0.134. The van der Waals surface area contributed by atoms with Gasteiger partial charge in [0.15, 0.2) is 0 Å². The van der Waals surface area contributed by atoms with E-state index in [9.17, 15) is 4.79 Å². The normalized spacial score (nSPS) is 20.9. The topological polar surface area (TPSA) is 81.2 Å². The van der Waals surface area contributed by atoms with E-state index in [1.54, 1.807) is 17.3 Å². The van der Waals surface area contributed by atoms with E-state index < -0.39 is 0 Å². The number of hydrogen-bond donors (Lipinski definition) is 3. The average Bonchev–Trinajstić information content (AvgIpc) is 2.99. The first kappa shape index (κ1) is 19.2. The molecular formula is C12H22Cl2N4O2. The smallest absolute Gasteiger partial charge is 0.240 e. The first-order valence-electron chi connectivity index (χ1n) is 6.34. The third kappa shape index (κ3) is 4.94. The number of H-pyrrole nitrogens is 1. The SMILES string of the molecule is C[C@H]1CC[C@@H](C(=O)N(CCO)Cc2ncc[nH]2)N1.Cl.Cl. The Hall–Kier alpha value is -0.820. The van der Waals surface area contributed by atoms with Gasteiger partial charge in [-0.1, -0.05) is 0 Å². The van der Waals surface area contributed by atoms with Gasteiger partial charge in [0.2, 0.25) is 5.91 Å². The third-order valence-corrected chi connectivity index (χ3v) is 3.25. The molecule has 0 unspecified atom stereocenters. The van der Waals surface area contributed by atoms with Crippen LogP contribution in [0.5, 0.6) is 0 Å². The van der Waals surface area contributed by atoms with Gasteiger partial charge >= 0.3 is 0 Å². The van der Waals surface area contributed by atoms with E-state index in [2.05, 4.69) is 22.2 Å². The van der Waals surface area contributed by atoms with Crippen molar-refractivity contribution in [2.75, 3.05) is 13.2 Å². The van der Waals surface area contributed by atoms with Gasteiger partial charge < -0.3 is 20.3 Å². The maximum Gasteiger partial charge on any atom is 0.240 e. The number of aliphatic hydroxyl groups is 1. The maximum atomic E-state index is 12.3. The molecule has 20 heavy (non-hydrogen) atoms. The van der Waals surface area contributed by atoms with Gasteiger partial charge in [-0.05, 0) is 19.8 Å². The van der Waals surface area contributed by atoms with Crippen LogP contribution in [0, 0.1) is 0 Å². The van der Waals surface area contributed by atoms with Gasteiger partial charge in [-0.3, -0.25) is 4.79 Å². The number of nitrogens with one attached hydrogen (secondary N) is 2. The van der Waals surface area contributed by atoms with Gasteiger partial charge in [-0.15, -0.1) is 24.8 Å². The van der Waals surface area contributed by atoms with Crippen LogP contribution in [0.4, 0.5) is 0 Å². The molecule has 1 aromatic heterocycles. The fourth-order valence-corrected chi connectivity index (χ4v) is 2.30. The Morgan fingerprint density at radius 2 is 2.25 bits per heavy atom. The van der Waals surface area contributed by atoms with Crippen molar-refractivity contribution in [1.82, 2.24) is 20.2 Å². The standard InChI is InChI=1S/C12H20N4O2.2ClH/c1-9-2-3-10(15-9)12(18)16(6-7-17)8-11-13-4-5-14-11;;/h4-5,9-10,15,17H,2-3,6-8H2,1H3,(H,13,14);2*1H/t9-,10-;;/m0../s1. The summed E-state index contributed by atoms with van der Waals surface area (Å²) in [6, 6.07) is 0.264. The number of aromatic nitrogens is 2. The van der Waals surface area contributed by atoms with Crippen molar-refractivity contribution in [2.45, 2.75) is 38.4 Å². The number of carbonyl (C=O) groups excluding carboxylic acids is 1. The first-order chi connectivity index (χ1) is 8.70. The molecule has 0 saturated carbocycles. The summed E-state index contributed by atoms with van der Waals surface area (Å²) in [5, 5.41) is 12.3. The van der Waals surface area contributed by atoms with Crippen LogP contribution in [-0.4, -0.2) is 51.1 Å². The summed E-state index contributed by atoms with van der Waals surface area (Å²) < 4.78 is 0. The molecule has 1 aliphatic heterocycles. The summed E-state index contributed by atoms with van der Waals surface area (Å²) in [5.41, 5.74) is 0. The lowest BCUT2D eigenvalue weighted by Crippen LogP contribution is -2.45. The Morgan fingerprint density at radius 1 is 1.50 bits per heavy atom. The number of aromatic amines is 1. The number of hydrogen-bond acceptors (Lipinski definition) is 4. The van der Waals surface area contributed by atoms with E-state index in [4.69, 9.17) is 5.11 Å². The van der Waals surface area contributed by atoms with Gasteiger partial charge in [0.05, 0.1) is 19.2 Å². The molecule has 0 aliphatic carbocycles. The van der Waals surface area contributed by atoms with Crippen molar-refractivity contribution in [2.24, 2.45) is 0 Å². The molecule has 1 saturated heterocycles. The molecule has 0 aromatic carbocycles. The van der Waals surface area contributed by atoms with Gasteiger partial charge in [0.25, 0.3) is 0 Å². The van der Waals surface area contributed by atoms with Crippen LogP contribution < -0.4 is 5.32 Å². The number of carbonyl (C=O) groups is 1. The van der Waals surface area contributed by atoms with Crippen LogP contribution in [-0.2, 0) is 11.3 Å². The van der Waals surface area contributed by atoms with Crippen LogP contribution in [0.15, 0.2) is 12.4 Å². The highest BCUT2D eigenvalue weighted by Crippen LogP contribution is 2.14. The van der Waals surface area contributed by atoms with Gasteiger partial charge in [-0.2, -0.15) is 0 Å². The van der Waals surface area contributed by atoms with Crippen molar-refractivity contribution in [3.8, 4) is 0 Å². The summed E-state index contributed by atoms with van der Waals surface area (Å²) in [7, 11) is 0. The summed E-state index contributed by atoms with van der Waals surface area (Å²) in [6.07, 6.45) is 5.27. The molecule has 1 aromatic rings. The van der Waals surface area contributed by atoms with Gasteiger partial charge in [0, 0.05) is 25.0 Å². The molecule has 6 nitrogen and oxygen atoms in total. The highest BCUT2D eigenvalue weighted by atomic mass is 35.5. The number of nitrogens with zero attached hydrogens (tertiary/aromatic N) is 2. The molecule has 1 amide bonds. The Labute approximate surface area is 131 Å². The molecule has 116 valence electrons. The highest BCUT2D eigenvalue weighted by Gasteiger charge is 2.30. The van der Waals surface area contributed by atoms with Crippen molar-refractivity contribution in [1.29, 1.82) is 0 Å². The second kappa shape index (κ2) is 9.18. The predicted molar refractivity (Wildman–Crippen MR) is 81.2 cm³/mol. The van der Waals surface area contributed by atoms with Crippen LogP contribution in [0.2, 0.25) is 0 Å². The zero-order chi connectivity index (χ0) is 13.0. The average molecular weight is 325 g/mol. The molecular weight excluding hydrogens is 303 g/mol. The minimum absolute atomic E-state index is 0. The monoisotopic (exact) mass is 324 g/mol. The molecule has 2 heterocycles. The lowest BCUT2D eigenvalue weighted by atomic mass is 10.2. The van der Waals surface area contributed by atoms with Crippen molar-refractivity contribution < 1.29 is 9.90 Å². The molecule has 0 spiro atoms. The van der Waals surface area contributed by atoms with Gasteiger partial charge in [-0.25, -0.2) is 4.98 Å². The second-order valence-corrected chi connectivity index (χ2v) is 4.72. The van der Waals surface area contributed by atoms with Crippen molar-refractivity contribution in [3.63, 3.8) is 0 Å². The second-order valence-electron chi connectivity index (χ2n) is 4.72. The maximum absolute atomic E-state index is 12.3. The quantitative estimate of drug-likeness (QED) is 0.745. The van der Waals surface area contributed by atoms with Crippen molar-refractivity contribution in [3.05, 3.63) is 18.2 Å². The predicted octanol–water partition coefficient (Wildman–Crippen LogP) is 0.715. The number of amides is 1. The van der Waals surface area contributed by atoms with Crippen molar-refractivity contribution >= 4 is 30.7 Å². The highest BCUT2D eigenvalue weighted by molar-refractivity contribution is 5.85. The molecule has 0 bridgehead atoms. The largest absolute Gasteiger partial charge is 0.395 e. The third-order valence-electron chi connectivity index (χ3n) is 3.25. The molecule has 0 radical (unpaired) electrons. The molecule has 3 N–H and O–H groups in total. The van der Waals surface area contributed by atoms with E-state index in [0.29, 0.717) is 19.1 Å². The van der Waals surface area contributed by atoms with E-state index in [1.165, 1.54) is 0 Å². The summed E-state index contributed by atoms with van der Waals surface area (Å²) in [4.78, 5) is 21.0. The fourth-order valence-electron chi connectivity index (χ4n) is 2.30. The molecule has 1 aliphatic rings. The number of imidazole rings is 1. The number of aliphatic hydroxyl groups excluding tert-OH is 1. The van der Waals surface area contributed by atoms with Gasteiger partial charge in [0.1, 0.15) is 5.82 Å². The Morgan fingerprint density at radius 3 is 2.75 bits per heavy atom. The Balaban J connectivity index is 0.00000180. The fraction of sp³-hybridized carbons (Fsp3) is 0.667. The van der Waals surface area contributed by atoms with Crippen LogP contribution in [0.25, 0.3) is 0 Å². The first-order valence-corrected chi connectivity index (χ1v) is 6.34. The van der Waals surface area contributed by atoms with E-state index in [-0.39, 0.29) is 43.4 Å². The summed E-state index contributed by atoms with van der Waals surface area (Å²) >= 11 is 0. The van der Waals surface area contributed by atoms with Crippen LogP contribution >= 0.6 is 24.8 Å². The lowest BCUT2D eigenvalue weighted by Gasteiger charge is -2.24. The zero-order valence-corrected chi connectivity index (χ0v) is 13.0.